The predicted octanol–water partition coefficient (Wildman–Crippen LogP) is 3.86. The molecule has 1 aliphatic heterocycles. The largest absolute Gasteiger partial charge is 0.474 e. The molecule has 6 rings (SSSR count). The van der Waals surface area contributed by atoms with Gasteiger partial charge >= 0.3 is 5.95 Å². The van der Waals surface area contributed by atoms with Gasteiger partial charge in [-0.05, 0) is 43.6 Å². The van der Waals surface area contributed by atoms with E-state index in [1.807, 2.05) is 25.3 Å². The lowest BCUT2D eigenvalue weighted by atomic mass is 9.85. The van der Waals surface area contributed by atoms with E-state index in [4.69, 9.17) is 19.4 Å². The van der Waals surface area contributed by atoms with E-state index in [1.54, 1.807) is 36.2 Å². The number of ether oxygens (including phenoxy) is 2. The Kier molecular flexibility index (Phi) is 8.66. The van der Waals surface area contributed by atoms with Crippen molar-refractivity contribution >= 4 is 39.3 Å². The van der Waals surface area contributed by atoms with Crippen LogP contribution in [-0.2, 0) is 22.8 Å². The zero-order valence-electron chi connectivity index (χ0n) is 24.9. The van der Waals surface area contributed by atoms with Gasteiger partial charge in [0.05, 0.1) is 54.8 Å². The van der Waals surface area contributed by atoms with Gasteiger partial charge < -0.3 is 24.5 Å². The van der Waals surface area contributed by atoms with Crippen molar-refractivity contribution < 1.29 is 18.6 Å². The van der Waals surface area contributed by atoms with Crippen molar-refractivity contribution in [1.29, 1.82) is 0 Å². The number of fused-ring (bicyclic) bond motifs is 1. The zero-order chi connectivity index (χ0) is 30.8. The van der Waals surface area contributed by atoms with Crippen molar-refractivity contribution in [3.8, 4) is 5.88 Å². The summed E-state index contributed by atoms with van der Waals surface area (Å²) in [5.74, 6) is 1.32. The lowest BCUT2D eigenvalue weighted by molar-refractivity contribution is -0.396. The molecule has 2 atom stereocenters. The molecule has 2 aliphatic rings. The standard InChI is InChI=1S/C29H35N9O5S/c1-19(26-18-33-29(35(26)2)38(39)40)37(44(3)41)21-14-23-24(32-16-21)15-27(36-10-12-42-13-11-36)34-28(23)43-22-6-4-20(5-7-22)25-17-30-8-9-31-25/h8-9,14-20,22H,4-7,10-13H2,1-3H3. The Morgan fingerprint density at radius 2 is 1.86 bits per heavy atom. The molecule has 0 radical (unpaired) electrons. The van der Waals surface area contributed by atoms with Gasteiger partial charge in [0.25, 0.3) is 0 Å². The SMILES string of the molecule is CC(c1cnc([N+](=O)[O-])n1C)N(c1cnc2cc(N3CCOCC3)nc(OC3CCC(c4cnccn4)CC3)c2c1)S(C)=O. The van der Waals surface area contributed by atoms with Crippen LogP contribution in [0, 0.1) is 10.1 Å². The molecule has 2 fully saturated rings. The van der Waals surface area contributed by atoms with Crippen LogP contribution in [0.15, 0.2) is 43.1 Å². The number of morpholine rings is 1. The van der Waals surface area contributed by atoms with Crippen LogP contribution in [0.1, 0.15) is 56.0 Å². The fourth-order valence-corrected chi connectivity index (χ4v) is 7.03. The molecule has 4 aromatic heterocycles. The van der Waals surface area contributed by atoms with Crippen molar-refractivity contribution in [3.05, 3.63) is 64.6 Å². The van der Waals surface area contributed by atoms with Crippen LogP contribution in [-0.4, -0.2) is 77.3 Å². The number of aromatic nitrogens is 6. The summed E-state index contributed by atoms with van der Waals surface area (Å²) in [4.78, 5) is 35.5. The van der Waals surface area contributed by atoms with E-state index in [2.05, 4.69) is 19.9 Å². The van der Waals surface area contributed by atoms with Gasteiger partial charge in [-0.2, -0.15) is 4.98 Å². The highest BCUT2D eigenvalue weighted by molar-refractivity contribution is 7.85. The van der Waals surface area contributed by atoms with E-state index in [0.29, 0.717) is 47.3 Å². The second-order valence-electron chi connectivity index (χ2n) is 11.1. The predicted molar refractivity (Wildman–Crippen MR) is 165 cm³/mol. The third kappa shape index (κ3) is 6.06. The molecule has 1 saturated heterocycles. The van der Waals surface area contributed by atoms with E-state index in [0.717, 1.165) is 50.3 Å². The Balaban J connectivity index is 1.33. The number of nitrogens with zero attached hydrogens (tertiary/aromatic N) is 9. The summed E-state index contributed by atoms with van der Waals surface area (Å²) in [6.45, 7) is 4.51. The quantitative estimate of drug-likeness (QED) is 0.198. The van der Waals surface area contributed by atoms with Crippen LogP contribution < -0.4 is 13.9 Å². The molecule has 1 aliphatic carbocycles. The summed E-state index contributed by atoms with van der Waals surface area (Å²) < 4.78 is 28.4. The first-order chi connectivity index (χ1) is 21.3. The maximum atomic E-state index is 13.1. The van der Waals surface area contributed by atoms with Gasteiger partial charge in [0.15, 0.2) is 0 Å². The van der Waals surface area contributed by atoms with E-state index < -0.39 is 22.0 Å². The molecule has 44 heavy (non-hydrogen) atoms. The van der Waals surface area contributed by atoms with Gasteiger partial charge in [-0.3, -0.25) is 19.3 Å². The molecule has 5 heterocycles. The smallest absolute Gasteiger partial charge is 0.434 e. The minimum Gasteiger partial charge on any atom is -0.474 e. The number of nitro groups is 1. The maximum absolute atomic E-state index is 13.1. The van der Waals surface area contributed by atoms with Crippen LogP contribution in [0.5, 0.6) is 5.88 Å². The van der Waals surface area contributed by atoms with Gasteiger partial charge in [0.1, 0.15) is 34.8 Å². The van der Waals surface area contributed by atoms with E-state index in [9.17, 15) is 14.3 Å². The molecule has 0 N–H and O–H groups in total. The molecule has 4 aromatic rings. The normalized spacial score (nSPS) is 20.3. The van der Waals surface area contributed by atoms with Gasteiger partial charge in [0, 0.05) is 49.9 Å². The van der Waals surface area contributed by atoms with E-state index in [1.165, 1.54) is 10.8 Å². The average Bonchev–Trinajstić information content (AvgIpc) is 3.43. The van der Waals surface area contributed by atoms with Gasteiger partial charge in [-0.15, -0.1) is 0 Å². The number of hydrogen-bond acceptors (Lipinski definition) is 11. The van der Waals surface area contributed by atoms with Crippen LogP contribution in [0.3, 0.4) is 0 Å². The maximum Gasteiger partial charge on any atom is 0.434 e. The van der Waals surface area contributed by atoms with Crippen molar-refractivity contribution in [2.75, 3.05) is 41.8 Å². The van der Waals surface area contributed by atoms with Crippen molar-refractivity contribution in [3.63, 3.8) is 0 Å². The topological polar surface area (TPSA) is 155 Å². The lowest BCUT2D eigenvalue weighted by Gasteiger charge is -2.31. The fraction of sp³-hybridized carbons (Fsp3) is 0.483. The van der Waals surface area contributed by atoms with Crippen molar-refractivity contribution in [1.82, 2.24) is 29.5 Å². The third-order valence-electron chi connectivity index (χ3n) is 8.38. The van der Waals surface area contributed by atoms with Crippen molar-refractivity contribution in [2.45, 2.75) is 50.7 Å². The Morgan fingerprint density at radius 1 is 1.09 bits per heavy atom. The second kappa shape index (κ2) is 12.8. The van der Waals surface area contributed by atoms with Crippen LogP contribution in [0.4, 0.5) is 17.5 Å². The highest BCUT2D eigenvalue weighted by atomic mass is 32.2. The first kappa shape index (κ1) is 29.8. The highest BCUT2D eigenvalue weighted by Gasteiger charge is 2.30. The lowest BCUT2D eigenvalue weighted by Crippen LogP contribution is -2.36. The number of rotatable bonds is 9. The highest BCUT2D eigenvalue weighted by Crippen LogP contribution is 2.38. The molecular weight excluding hydrogens is 586 g/mol. The number of imidazole rings is 1. The molecule has 2 unspecified atom stereocenters. The monoisotopic (exact) mass is 621 g/mol. The summed E-state index contributed by atoms with van der Waals surface area (Å²) in [7, 11) is 0.0849. The summed E-state index contributed by atoms with van der Waals surface area (Å²) in [6.07, 6.45) is 13.5. The average molecular weight is 622 g/mol. The Labute approximate surface area is 257 Å². The van der Waals surface area contributed by atoms with Crippen LogP contribution >= 0.6 is 0 Å². The Bertz CT molecular complexity index is 1660. The molecule has 1 saturated carbocycles. The molecule has 232 valence electrons. The molecule has 0 spiro atoms. The van der Waals surface area contributed by atoms with Crippen molar-refractivity contribution in [2.24, 2.45) is 7.05 Å². The van der Waals surface area contributed by atoms with Gasteiger partial charge in [0.2, 0.25) is 5.88 Å². The third-order valence-corrected chi connectivity index (χ3v) is 9.46. The van der Waals surface area contributed by atoms with E-state index >= 15 is 0 Å². The van der Waals surface area contributed by atoms with Gasteiger partial charge in [-0.1, -0.05) is 4.98 Å². The Hall–Kier alpha value is -4.24. The summed E-state index contributed by atoms with van der Waals surface area (Å²) in [5.41, 5.74) is 2.84. The molecular formula is C29H35N9O5S. The van der Waals surface area contributed by atoms with Crippen LogP contribution in [0.2, 0.25) is 0 Å². The molecule has 0 amide bonds. The molecule has 0 bridgehead atoms. The first-order valence-corrected chi connectivity index (χ1v) is 16.2. The minimum absolute atomic E-state index is 0.0347. The number of hydrogen-bond donors (Lipinski definition) is 0. The first-order valence-electron chi connectivity index (χ1n) is 14.6. The van der Waals surface area contributed by atoms with Gasteiger partial charge in [-0.25, -0.2) is 8.78 Å². The molecule has 15 heteroatoms. The minimum atomic E-state index is -1.49. The number of anilines is 2. The summed E-state index contributed by atoms with van der Waals surface area (Å²) >= 11 is 0. The number of pyridine rings is 2. The summed E-state index contributed by atoms with van der Waals surface area (Å²) in [6, 6.07) is 3.33. The molecule has 14 nitrogen and oxygen atoms in total. The van der Waals surface area contributed by atoms with E-state index in [-0.39, 0.29) is 12.1 Å². The van der Waals surface area contributed by atoms with Crippen LogP contribution in [0.25, 0.3) is 10.9 Å². The summed E-state index contributed by atoms with van der Waals surface area (Å²) in [5, 5.41) is 12.1. The fourth-order valence-electron chi connectivity index (χ4n) is 6.08. The second-order valence-corrected chi connectivity index (χ2v) is 12.3. The Morgan fingerprint density at radius 3 is 2.52 bits per heavy atom. The molecule has 0 aromatic carbocycles. The zero-order valence-corrected chi connectivity index (χ0v) is 25.7.